The molecule has 0 aliphatic heterocycles. The molecule has 2 heterocycles. The lowest BCUT2D eigenvalue weighted by molar-refractivity contribution is 0.821. The van der Waals surface area contributed by atoms with Crippen molar-refractivity contribution < 1.29 is 0 Å². The fourth-order valence-electron chi connectivity index (χ4n) is 1.96. The molecule has 0 atom stereocenters. The summed E-state index contributed by atoms with van der Waals surface area (Å²) < 4.78 is 2.70. The van der Waals surface area contributed by atoms with Crippen LogP contribution < -0.4 is 0 Å². The van der Waals surface area contributed by atoms with Crippen molar-refractivity contribution in [2.45, 2.75) is 13.5 Å². The molecule has 0 unspecified atom stereocenters. The molecule has 18 heavy (non-hydrogen) atoms. The molecule has 92 valence electrons. The van der Waals surface area contributed by atoms with E-state index in [0.717, 1.165) is 16.0 Å². The Bertz CT molecular complexity index is 769. The highest BCUT2D eigenvalue weighted by Gasteiger charge is 2.09. The highest BCUT2D eigenvalue weighted by molar-refractivity contribution is 7.71. The molecular formula is C12H10ClN3S2. The van der Waals surface area contributed by atoms with E-state index in [1.54, 1.807) is 11.3 Å². The number of hydrogen-bond donors (Lipinski definition) is 1. The zero-order valence-electron chi connectivity index (χ0n) is 9.61. The fraction of sp³-hybridized carbons (Fsp3) is 0.167. The number of nitrogens with one attached hydrogen (secondary N) is 1. The molecule has 3 nitrogen and oxygen atoms in total. The Labute approximate surface area is 118 Å². The molecule has 1 N–H and O–H groups in total. The van der Waals surface area contributed by atoms with E-state index in [1.165, 1.54) is 4.88 Å². The van der Waals surface area contributed by atoms with E-state index < -0.39 is 0 Å². The van der Waals surface area contributed by atoms with E-state index >= 15 is 0 Å². The molecule has 0 bridgehead atoms. The van der Waals surface area contributed by atoms with E-state index in [1.807, 2.05) is 35.9 Å². The number of aromatic nitrogens is 3. The summed E-state index contributed by atoms with van der Waals surface area (Å²) in [7, 11) is 0. The van der Waals surface area contributed by atoms with Crippen LogP contribution in [0.15, 0.2) is 24.4 Å². The minimum absolute atomic E-state index is 0.684. The quantitative estimate of drug-likeness (QED) is 0.720. The minimum atomic E-state index is 0.684. The van der Waals surface area contributed by atoms with Crippen molar-refractivity contribution in [2.75, 3.05) is 0 Å². The zero-order valence-corrected chi connectivity index (χ0v) is 12.0. The summed E-state index contributed by atoms with van der Waals surface area (Å²) in [6.07, 6.45) is 1.89. The van der Waals surface area contributed by atoms with Gasteiger partial charge in [0.1, 0.15) is 0 Å². The number of nitrogens with zero attached hydrogens (tertiary/aromatic N) is 2. The molecule has 0 fully saturated rings. The number of para-hydroxylation sites is 1. The van der Waals surface area contributed by atoms with E-state index in [-0.39, 0.29) is 0 Å². The Morgan fingerprint density at radius 3 is 3.06 bits per heavy atom. The highest BCUT2D eigenvalue weighted by Crippen LogP contribution is 2.25. The van der Waals surface area contributed by atoms with Crippen LogP contribution in [0.5, 0.6) is 0 Å². The second-order valence-corrected chi connectivity index (χ2v) is 6.11. The van der Waals surface area contributed by atoms with Crippen molar-refractivity contribution >= 4 is 46.2 Å². The SMILES string of the molecule is Cc1ncc(Cn2c(=S)[nH]c3cccc(Cl)c32)s1. The molecule has 0 amide bonds. The summed E-state index contributed by atoms with van der Waals surface area (Å²) in [4.78, 5) is 8.60. The number of benzene rings is 1. The van der Waals surface area contributed by atoms with Crippen molar-refractivity contribution in [1.82, 2.24) is 14.5 Å². The van der Waals surface area contributed by atoms with E-state index in [9.17, 15) is 0 Å². The minimum Gasteiger partial charge on any atom is -0.331 e. The Balaban J connectivity index is 2.16. The number of fused-ring (bicyclic) bond motifs is 1. The first-order valence-corrected chi connectivity index (χ1v) is 7.04. The number of imidazole rings is 1. The maximum atomic E-state index is 6.25. The van der Waals surface area contributed by atoms with Crippen LogP contribution in [0.2, 0.25) is 5.02 Å². The van der Waals surface area contributed by atoms with Crippen LogP contribution in [0.3, 0.4) is 0 Å². The van der Waals surface area contributed by atoms with Crippen LogP contribution in [0.25, 0.3) is 11.0 Å². The number of H-pyrrole nitrogens is 1. The Morgan fingerprint density at radius 2 is 2.33 bits per heavy atom. The monoisotopic (exact) mass is 295 g/mol. The average molecular weight is 296 g/mol. The van der Waals surface area contributed by atoms with Crippen molar-refractivity contribution in [2.24, 2.45) is 0 Å². The number of halogens is 1. The Morgan fingerprint density at radius 1 is 1.50 bits per heavy atom. The standard InChI is InChI=1S/C12H10ClN3S2/c1-7-14-5-8(18-7)6-16-11-9(13)3-2-4-10(11)15-12(16)17/h2-5H,6H2,1H3,(H,15,17). The van der Waals surface area contributed by atoms with Crippen molar-refractivity contribution in [3.8, 4) is 0 Å². The van der Waals surface area contributed by atoms with Gasteiger partial charge in [0, 0.05) is 11.1 Å². The van der Waals surface area contributed by atoms with Gasteiger partial charge in [-0.05, 0) is 31.3 Å². The van der Waals surface area contributed by atoms with Gasteiger partial charge in [-0.1, -0.05) is 17.7 Å². The van der Waals surface area contributed by atoms with Crippen molar-refractivity contribution in [3.05, 3.63) is 44.1 Å². The van der Waals surface area contributed by atoms with Crippen molar-refractivity contribution in [3.63, 3.8) is 0 Å². The number of aryl methyl sites for hydroxylation is 1. The van der Waals surface area contributed by atoms with Crippen LogP contribution in [0.4, 0.5) is 0 Å². The van der Waals surface area contributed by atoms with Gasteiger partial charge in [-0.15, -0.1) is 11.3 Å². The van der Waals surface area contributed by atoms with Gasteiger partial charge in [0.25, 0.3) is 0 Å². The molecule has 0 aliphatic rings. The first kappa shape index (κ1) is 11.9. The smallest absolute Gasteiger partial charge is 0.178 e. The molecule has 3 rings (SSSR count). The van der Waals surface area contributed by atoms with Gasteiger partial charge in [0.05, 0.1) is 27.6 Å². The number of thiazole rings is 1. The number of aromatic amines is 1. The zero-order chi connectivity index (χ0) is 12.7. The molecule has 1 aromatic carbocycles. The summed E-state index contributed by atoms with van der Waals surface area (Å²) in [5.74, 6) is 0. The molecule has 0 aliphatic carbocycles. The van der Waals surface area contributed by atoms with E-state index in [0.29, 0.717) is 16.3 Å². The van der Waals surface area contributed by atoms with Gasteiger partial charge < -0.3 is 9.55 Å². The topological polar surface area (TPSA) is 33.6 Å². The molecule has 6 heteroatoms. The molecule has 0 saturated carbocycles. The van der Waals surface area contributed by atoms with Gasteiger partial charge >= 0.3 is 0 Å². The molecule has 0 spiro atoms. The predicted octanol–water partition coefficient (Wildman–Crippen LogP) is 4.17. The number of rotatable bonds is 2. The van der Waals surface area contributed by atoms with Crippen molar-refractivity contribution in [1.29, 1.82) is 0 Å². The summed E-state index contributed by atoms with van der Waals surface area (Å²) in [5, 5.41) is 1.77. The lowest BCUT2D eigenvalue weighted by Gasteiger charge is -2.03. The maximum absolute atomic E-state index is 6.25. The van der Waals surface area contributed by atoms with Crippen LogP contribution in [0.1, 0.15) is 9.88 Å². The Kier molecular flexibility index (Phi) is 2.97. The van der Waals surface area contributed by atoms with E-state index in [2.05, 4.69) is 9.97 Å². The van der Waals surface area contributed by atoms with E-state index in [4.69, 9.17) is 23.8 Å². The number of hydrogen-bond acceptors (Lipinski definition) is 3. The summed E-state index contributed by atoms with van der Waals surface area (Å²) in [6, 6.07) is 5.77. The van der Waals surface area contributed by atoms with Crippen LogP contribution in [0, 0.1) is 11.7 Å². The van der Waals surface area contributed by atoms with Gasteiger partial charge in [-0.25, -0.2) is 4.98 Å². The van der Waals surface area contributed by atoms with Crippen LogP contribution >= 0.6 is 35.2 Å². The first-order chi connectivity index (χ1) is 8.65. The molecular weight excluding hydrogens is 286 g/mol. The fourth-order valence-corrected chi connectivity index (χ4v) is 3.29. The third-order valence-electron chi connectivity index (χ3n) is 2.73. The van der Waals surface area contributed by atoms with Crippen LogP contribution in [-0.2, 0) is 6.54 Å². The molecule has 0 saturated heterocycles. The van der Waals surface area contributed by atoms with Crippen LogP contribution in [-0.4, -0.2) is 14.5 Å². The molecule has 3 aromatic rings. The summed E-state index contributed by atoms with van der Waals surface area (Å²) in [5.41, 5.74) is 1.92. The average Bonchev–Trinajstić information content (AvgIpc) is 2.85. The molecule has 2 aromatic heterocycles. The normalized spacial score (nSPS) is 11.2. The van der Waals surface area contributed by atoms with Gasteiger partial charge in [0.15, 0.2) is 4.77 Å². The Hall–Kier alpha value is -1.17. The summed E-state index contributed by atoms with van der Waals surface area (Å²) in [6.45, 7) is 2.70. The second kappa shape index (κ2) is 4.50. The molecule has 0 radical (unpaired) electrons. The third-order valence-corrected chi connectivity index (χ3v) is 4.25. The first-order valence-electron chi connectivity index (χ1n) is 5.43. The van der Waals surface area contributed by atoms with Gasteiger partial charge in [-0.3, -0.25) is 0 Å². The lowest BCUT2D eigenvalue weighted by Crippen LogP contribution is -1.98. The largest absolute Gasteiger partial charge is 0.331 e. The highest BCUT2D eigenvalue weighted by atomic mass is 35.5. The van der Waals surface area contributed by atoms with Gasteiger partial charge in [-0.2, -0.15) is 0 Å². The van der Waals surface area contributed by atoms with Gasteiger partial charge in [0.2, 0.25) is 0 Å². The maximum Gasteiger partial charge on any atom is 0.178 e. The third kappa shape index (κ3) is 1.98. The second-order valence-electron chi connectivity index (χ2n) is 4.00. The predicted molar refractivity (Wildman–Crippen MR) is 78.1 cm³/mol. The lowest BCUT2D eigenvalue weighted by atomic mass is 10.3. The summed E-state index contributed by atoms with van der Waals surface area (Å²) >= 11 is 13.3.